The van der Waals surface area contributed by atoms with Gasteiger partial charge in [0.05, 0.1) is 19.3 Å². The van der Waals surface area contributed by atoms with Crippen molar-refractivity contribution in [1.29, 1.82) is 0 Å². The van der Waals surface area contributed by atoms with Crippen LogP contribution in [0.5, 0.6) is 5.75 Å². The van der Waals surface area contributed by atoms with Crippen LogP contribution in [0.1, 0.15) is 23.8 Å². The van der Waals surface area contributed by atoms with Crippen LogP contribution in [0.3, 0.4) is 0 Å². The van der Waals surface area contributed by atoms with Crippen LogP contribution in [0.15, 0.2) is 33.7 Å². The van der Waals surface area contributed by atoms with E-state index in [1.165, 1.54) is 5.69 Å². The second-order valence-corrected chi connectivity index (χ2v) is 6.86. The lowest BCUT2D eigenvalue weighted by atomic mass is 10.1. The summed E-state index contributed by atoms with van der Waals surface area (Å²) >= 11 is 0. The van der Waals surface area contributed by atoms with Gasteiger partial charge in [-0.2, -0.15) is 0 Å². The van der Waals surface area contributed by atoms with E-state index < -0.39 is 0 Å². The van der Waals surface area contributed by atoms with Gasteiger partial charge in [-0.1, -0.05) is 6.07 Å². The van der Waals surface area contributed by atoms with Crippen LogP contribution in [0.2, 0.25) is 0 Å². The Hall–Kier alpha value is -1.97. The van der Waals surface area contributed by atoms with Gasteiger partial charge in [-0.15, -0.1) is 24.0 Å². The van der Waals surface area contributed by atoms with Crippen molar-refractivity contribution in [1.82, 2.24) is 15.6 Å². The molecule has 3 rings (SSSR count). The van der Waals surface area contributed by atoms with Crippen LogP contribution >= 0.6 is 24.0 Å². The topological polar surface area (TPSA) is 74.9 Å². The monoisotopic (exact) mass is 499 g/mol. The molecule has 1 unspecified atom stereocenters. The van der Waals surface area contributed by atoms with Crippen LogP contribution in [-0.2, 0) is 6.54 Å². The van der Waals surface area contributed by atoms with E-state index in [0.717, 1.165) is 49.2 Å². The average Bonchev–Trinajstić information content (AvgIpc) is 3.28. The Labute approximate surface area is 184 Å². The van der Waals surface area contributed by atoms with Crippen LogP contribution < -0.4 is 20.3 Å². The molecule has 2 heterocycles. The number of nitrogens with zero attached hydrogens (tertiary/aromatic N) is 3. The number of aromatic nitrogens is 1. The Morgan fingerprint density at radius 1 is 1.36 bits per heavy atom. The van der Waals surface area contributed by atoms with E-state index in [9.17, 15) is 0 Å². The molecule has 7 nitrogen and oxygen atoms in total. The van der Waals surface area contributed by atoms with E-state index in [4.69, 9.17) is 9.15 Å². The van der Waals surface area contributed by atoms with Crippen molar-refractivity contribution in [2.24, 2.45) is 10.9 Å². The van der Waals surface area contributed by atoms with E-state index in [1.54, 1.807) is 14.2 Å². The van der Waals surface area contributed by atoms with E-state index in [0.29, 0.717) is 18.4 Å². The van der Waals surface area contributed by atoms with E-state index in [1.807, 2.05) is 26.0 Å². The molecule has 2 N–H and O–H groups in total. The first-order valence-corrected chi connectivity index (χ1v) is 9.35. The number of halogens is 1. The smallest absolute Gasteiger partial charge is 0.214 e. The standard InChI is InChI=1S/C20H29N5O2.HI/c1-14-15(2)27-19(24-14)12-23-20(21-3)22-11-16-8-9-25(13-16)17-6-5-7-18(10-17)26-4;/h5-7,10,16H,8-9,11-13H2,1-4H3,(H2,21,22,23);1H. The predicted molar refractivity (Wildman–Crippen MR) is 123 cm³/mol. The Morgan fingerprint density at radius 3 is 2.86 bits per heavy atom. The Morgan fingerprint density at radius 2 is 2.18 bits per heavy atom. The second-order valence-electron chi connectivity index (χ2n) is 6.86. The number of rotatable bonds is 6. The predicted octanol–water partition coefficient (Wildman–Crippen LogP) is 3.11. The maximum Gasteiger partial charge on any atom is 0.214 e. The number of hydrogen-bond donors (Lipinski definition) is 2. The molecular formula is C20H30IN5O2. The molecule has 0 aliphatic carbocycles. The van der Waals surface area contributed by atoms with Crippen molar-refractivity contribution >= 4 is 35.6 Å². The number of hydrogen-bond acceptors (Lipinski definition) is 5. The minimum Gasteiger partial charge on any atom is -0.497 e. The molecule has 154 valence electrons. The lowest BCUT2D eigenvalue weighted by molar-refractivity contribution is 0.415. The molecule has 0 radical (unpaired) electrons. The summed E-state index contributed by atoms with van der Waals surface area (Å²) in [5.41, 5.74) is 2.15. The number of benzene rings is 1. The van der Waals surface area contributed by atoms with Crippen LogP contribution in [0, 0.1) is 19.8 Å². The van der Waals surface area contributed by atoms with Gasteiger partial charge in [0.15, 0.2) is 5.96 Å². The summed E-state index contributed by atoms with van der Waals surface area (Å²) in [6.07, 6.45) is 1.15. The normalized spacial score (nSPS) is 16.6. The van der Waals surface area contributed by atoms with Gasteiger partial charge >= 0.3 is 0 Å². The molecule has 0 saturated carbocycles. The van der Waals surface area contributed by atoms with Gasteiger partial charge in [0.25, 0.3) is 0 Å². The maximum atomic E-state index is 5.60. The number of guanidine groups is 1. The highest BCUT2D eigenvalue weighted by Gasteiger charge is 2.23. The first-order valence-electron chi connectivity index (χ1n) is 9.35. The summed E-state index contributed by atoms with van der Waals surface area (Å²) in [5, 5.41) is 6.68. The van der Waals surface area contributed by atoms with Crippen molar-refractivity contribution < 1.29 is 9.15 Å². The number of aliphatic imine (C=N–C) groups is 1. The fourth-order valence-corrected chi connectivity index (χ4v) is 3.28. The molecule has 1 aliphatic heterocycles. The van der Waals surface area contributed by atoms with Gasteiger partial charge in [-0.05, 0) is 38.3 Å². The third kappa shape index (κ3) is 5.76. The lowest BCUT2D eigenvalue weighted by Gasteiger charge is -2.20. The van der Waals surface area contributed by atoms with Gasteiger partial charge < -0.3 is 24.7 Å². The van der Waals surface area contributed by atoms with Crippen molar-refractivity contribution in [3.63, 3.8) is 0 Å². The fraction of sp³-hybridized carbons (Fsp3) is 0.500. The number of nitrogens with one attached hydrogen (secondary N) is 2. The fourth-order valence-electron chi connectivity index (χ4n) is 3.28. The molecule has 0 bridgehead atoms. The molecule has 1 aromatic heterocycles. The minimum absolute atomic E-state index is 0. The number of methoxy groups -OCH3 is 1. The Balaban J connectivity index is 0.00000280. The van der Waals surface area contributed by atoms with E-state index in [2.05, 4.69) is 37.6 Å². The lowest BCUT2D eigenvalue weighted by Crippen LogP contribution is -2.40. The first kappa shape index (κ1) is 22.3. The zero-order valence-corrected chi connectivity index (χ0v) is 19.3. The highest BCUT2D eigenvalue weighted by atomic mass is 127. The molecule has 1 aromatic carbocycles. The number of ether oxygens (including phenoxy) is 1. The molecule has 8 heteroatoms. The summed E-state index contributed by atoms with van der Waals surface area (Å²) in [5.74, 6) is 3.77. The van der Waals surface area contributed by atoms with E-state index >= 15 is 0 Å². The number of oxazole rings is 1. The molecule has 1 saturated heterocycles. The van der Waals surface area contributed by atoms with Crippen molar-refractivity contribution in [3.05, 3.63) is 41.6 Å². The average molecular weight is 499 g/mol. The highest BCUT2D eigenvalue weighted by molar-refractivity contribution is 14.0. The molecule has 2 aromatic rings. The van der Waals surface area contributed by atoms with Crippen LogP contribution in [0.4, 0.5) is 5.69 Å². The maximum absolute atomic E-state index is 5.60. The largest absolute Gasteiger partial charge is 0.497 e. The van der Waals surface area contributed by atoms with Gasteiger partial charge in [0.1, 0.15) is 11.5 Å². The van der Waals surface area contributed by atoms with Crippen molar-refractivity contribution in [2.75, 3.05) is 38.7 Å². The van der Waals surface area contributed by atoms with Crippen molar-refractivity contribution in [3.8, 4) is 5.75 Å². The van der Waals surface area contributed by atoms with Crippen LogP contribution in [-0.4, -0.2) is 44.7 Å². The Bertz CT molecular complexity index is 773. The zero-order chi connectivity index (χ0) is 19.2. The summed E-state index contributed by atoms with van der Waals surface area (Å²) in [6.45, 7) is 7.35. The molecule has 28 heavy (non-hydrogen) atoms. The zero-order valence-electron chi connectivity index (χ0n) is 17.0. The molecule has 1 fully saturated rings. The molecule has 1 aliphatic rings. The summed E-state index contributed by atoms with van der Waals surface area (Å²) < 4.78 is 10.9. The third-order valence-electron chi connectivity index (χ3n) is 4.97. The minimum atomic E-state index is 0. The Kier molecular flexibility index (Phi) is 8.40. The summed E-state index contributed by atoms with van der Waals surface area (Å²) in [6, 6.07) is 8.25. The summed E-state index contributed by atoms with van der Waals surface area (Å²) in [4.78, 5) is 11.1. The molecule has 0 amide bonds. The summed E-state index contributed by atoms with van der Waals surface area (Å²) in [7, 11) is 3.48. The van der Waals surface area contributed by atoms with Gasteiger partial charge in [0, 0.05) is 38.4 Å². The van der Waals surface area contributed by atoms with Crippen LogP contribution in [0.25, 0.3) is 0 Å². The van der Waals surface area contributed by atoms with E-state index in [-0.39, 0.29) is 24.0 Å². The quantitative estimate of drug-likeness (QED) is 0.362. The van der Waals surface area contributed by atoms with Crippen molar-refractivity contribution in [2.45, 2.75) is 26.8 Å². The van der Waals surface area contributed by atoms with Gasteiger partial charge in [0.2, 0.25) is 5.89 Å². The highest BCUT2D eigenvalue weighted by Crippen LogP contribution is 2.26. The number of aryl methyl sites for hydroxylation is 2. The molecule has 1 atom stereocenters. The van der Waals surface area contributed by atoms with Gasteiger partial charge in [-0.3, -0.25) is 4.99 Å². The molecular weight excluding hydrogens is 469 g/mol. The second kappa shape index (κ2) is 10.5. The van der Waals surface area contributed by atoms with Gasteiger partial charge in [-0.25, -0.2) is 4.98 Å². The number of anilines is 1. The molecule has 0 spiro atoms. The third-order valence-corrected chi connectivity index (χ3v) is 4.97. The SMILES string of the molecule is CN=C(NCc1nc(C)c(C)o1)NCC1CCN(c2cccc(OC)c2)C1.I. The first-order chi connectivity index (χ1) is 13.1.